The van der Waals surface area contributed by atoms with Gasteiger partial charge in [-0.1, -0.05) is 83.9 Å². The first-order chi connectivity index (χ1) is 9.27. The van der Waals surface area contributed by atoms with Gasteiger partial charge < -0.3 is 0 Å². The van der Waals surface area contributed by atoms with E-state index in [9.17, 15) is 0 Å². The van der Waals surface area contributed by atoms with Crippen LogP contribution in [0.3, 0.4) is 0 Å². The summed E-state index contributed by atoms with van der Waals surface area (Å²) in [6.45, 7) is 0. The molecule has 0 unspecified atom stereocenters. The molecule has 0 radical (unpaired) electrons. The number of benzene rings is 2. The van der Waals surface area contributed by atoms with Crippen LogP contribution < -0.4 is 0 Å². The average molecular weight is 305 g/mol. The lowest BCUT2D eigenvalue weighted by Gasteiger charge is -2.06. The van der Waals surface area contributed by atoms with Gasteiger partial charge in [0.1, 0.15) is 8.67 Å². The number of halogens is 2. The molecule has 0 bridgehead atoms. The largest absolute Gasteiger partial charge is 0.110 e. The lowest BCUT2D eigenvalue weighted by atomic mass is 9.99. The summed E-state index contributed by atoms with van der Waals surface area (Å²) in [6.07, 6.45) is 0. The standard InChI is InChI=1S/C16H10Cl2S/c17-15-13(11-7-3-1-4-8-11)14(16(18)19-15)12-9-5-2-6-10-12/h1-10H. The van der Waals surface area contributed by atoms with E-state index in [-0.39, 0.29) is 0 Å². The van der Waals surface area contributed by atoms with Gasteiger partial charge >= 0.3 is 0 Å². The van der Waals surface area contributed by atoms with Gasteiger partial charge in [-0.2, -0.15) is 0 Å². The van der Waals surface area contributed by atoms with E-state index in [0.717, 1.165) is 30.9 Å². The Kier molecular flexibility index (Phi) is 3.61. The molecule has 0 atom stereocenters. The van der Waals surface area contributed by atoms with Crippen LogP contribution in [0.1, 0.15) is 0 Å². The first-order valence-electron chi connectivity index (χ1n) is 5.86. The number of hydrogen-bond acceptors (Lipinski definition) is 1. The summed E-state index contributed by atoms with van der Waals surface area (Å²) in [5, 5.41) is 0. The van der Waals surface area contributed by atoms with E-state index < -0.39 is 0 Å². The molecular weight excluding hydrogens is 295 g/mol. The topological polar surface area (TPSA) is 0 Å². The average Bonchev–Trinajstić information content (AvgIpc) is 2.75. The highest BCUT2D eigenvalue weighted by Crippen LogP contribution is 2.48. The van der Waals surface area contributed by atoms with Gasteiger partial charge in [0.05, 0.1) is 0 Å². The smallest absolute Gasteiger partial charge is 0.103 e. The fourth-order valence-corrected chi connectivity index (χ4v) is 3.89. The molecular formula is C16H10Cl2S. The Labute approximate surface area is 126 Å². The fraction of sp³-hybridized carbons (Fsp3) is 0. The second kappa shape index (κ2) is 5.38. The minimum absolute atomic E-state index is 0.732. The maximum absolute atomic E-state index is 6.37. The van der Waals surface area contributed by atoms with Crippen LogP contribution in [0.2, 0.25) is 8.67 Å². The predicted octanol–water partition coefficient (Wildman–Crippen LogP) is 6.39. The third-order valence-electron chi connectivity index (χ3n) is 2.95. The predicted molar refractivity (Wildman–Crippen MR) is 85.2 cm³/mol. The van der Waals surface area contributed by atoms with Crippen LogP contribution in [0.5, 0.6) is 0 Å². The van der Waals surface area contributed by atoms with E-state index in [2.05, 4.69) is 24.3 Å². The molecule has 0 aliphatic heterocycles. The Bertz CT molecular complexity index is 628. The lowest BCUT2D eigenvalue weighted by molar-refractivity contribution is 1.64. The van der Waals surface area contributed by atoms with Gasteiger partial charge in [-0.15, -0.1) is 11.3 Å². The molecule has 0 amide bonds. The highest BCUT2D eigenvalue weighted by atomic mass is 35.5. The van der Waals surface area contributed by atoms with Crippen molar-refractivity contribution >= 4 is 34.5 Å². The van der Waals surface area contributed by atoms with E-state index in [1.807, 2.05) is 36.4 Å². The molecule has 3 heteroatoms. The van der Waals surface area contributed by atoms with Crippen LogP contribution in [0.4, 0.5) is 0 Å². The molecule has 94 valence electrons. The molecule has 1 aromatic heterocycles. The van der Waals surface area contributed by atoms with Crippen molar-refractivity contribution in [3.05, 3.63) is 69.3 Å². The zero-order valence-corrected chi connectivity index (χ0v) is 12.3. The van der Waals surface area contributed by atoms with Gasteiger partial charge in [0.15, 0.2) is 0 Å². The van der Waals surface area contributed by atoms with E-state index >= 15 is 0 Å². The Balaban J connectivity index is 2.26. The van der Waals surface area contributed by atoms with Crippen molar-refractivity contribution in [2.75, 3.05) is 0 Å². The van der Waals surface area contributed by atoms with E-state index in [0.29, 0.717) is 0 Å². The molecule has 0 fully saturated rings. The van der Waals surface area contributed by atoms with Crippen LogP contribution in [-0.2, 0) is 0 Å². The maximum Gasteiger partial charge on any atom is 0.103 e. The molecule has 2 aromatic carbocycles. The first kappa shape index (κ1) is 12.7. The Hall–Kier alpha value is -1.28. The highest BCUT2D eigenvalue weighted by Gasteiger charge is 2.18. The van der Waals surface area contributed by atoms with Gasteiger partial charge in [0.2, 0.25) is 0 Å². The maximum atomic E-state index is 6.37. The molecule has 3 rings (SSSR count). The Morgan fingerprint density at radius 1 is 0.579 bits per heavy atom. The molecule has 1 heterocycles. The third kappa shape index (κ3) is 2.42. The zero-order chi connectivity index (χ0) is 13.2. The van der Waals surface area contributed by atoms with Crippen molar-refractivity contribution in [1.29, 1.82) is 0 Å². The summed E-state index contributed by atoms with van der Waals surface area (Å²) in [7, 11) is 0. The molecule has 0 aliphatic rings. The second-order valence-electron chi connectivity index (χ2n) is 4.13. The minimum Gasteiger partial charge on any atom is -0.110 e. The van der Waals surface area contributed by atoms with Crippen LogP contribution >= 0.6 is 34.5 Å². The Morgan fingerprint density at radius 3 is 1.32 bits per heavy atom. The summed E-state index contributed by atoms with van der Waals surface area (Å²) in [4.78, 5) is 0. The molecule has 0 nitrogen and oxygen atoms in total. The summed E-state index contributed by atoms with van der Waals surface area (Å²) < 4.78 is 1.46. The lowest BCUT2D eigenvalue weighted by Crippen LogP contribution is -1.81. The van der Waals surface area contributed by atoms with Crippen molar-refractivity contribution in [3.8, 4) is 22.3 Å². The van der Waals surface area contributed by atoms with Gasteiger partial charge in [-0.25, -0.2) is 0 Å². The van der Waals surface area contributed by atoms with Crippen molar-refractivity contribution in [2.24, 2.45) is 0 Å². The highest BCUT2D eigenvalue weighted by molar-refractivity contribution is 7.21. The molecule has 0 aliphatic carbocycles. The summed E-state index contributed by atoms with van der Waals surface area (Å²) in [5.74, 6) is 0. The summed E-state index contributed by atoms with van der Waals surface area (Å²) in [6, 6.07) is 20.2. The van der Waals surface area contributed by atoms with Crippen molar-refractivity contribution in [2.45, 2.75) is 0 Å². The van der Waals surface area contributed by atoms with Crippen molar-refractivity contribution in [1.82, 2.24) is 0 Å². The van der Waals surface area contributed by atoms with E-state index in [4.69, 9.17) is 23.2 Å². The normalized spacial score (nSPS) is 10.6. The van der Waals surface area contributed by atoms with Crippen molar-refractivity contribution < 1.29 is 0 Å². The van der Waals surface area contributed by atoms with Crippen LogP contribution in [-0.4, -0.2) is 0 Å². The molecule has 0 saturated carbocycles. The van der Waals surface area contributed by atoms with Crippen LogP contribution in [0, 0.1) is 0 Å². The molecule has 3 aromatic rings. The summed E-state index contributed by atoms with van der Waals surface area (Å²) in [5.41, 5.74) is 4.22. The molecule has 0 saturated heterocycles. The van der Waals surface area contributed by atoms with E-state index in [1.54, 1.807) is 0 Å². The number of hydrogen-bond donors (Lipinski definition) is 0. The van der Waals surface area contributed by atoms with Gasteiger partial charge in [-0.3, -0.25) is 0 Å². The van der Waals surface area contributed by atoms with E-state index in [1.165, 1.54) is 11.3 Å². The zero-order valence-electron chi connectivity index (χ0n) is 9.94. The third-order valence-corrected chi connectivity index (χ3v) is 4.55. The SMILES string of the molecule is Clc1sc(Cl)c(-c2ccccc2)c1-c1ccccc1. The van der Waals surface area contributed by atoms with Crippen LogP contribution in [0.25, 0.3) is 22.3 Å². The first-order valence-corrected chi connectivity index (χ1v) is 7.43. The number of rotatable bonds is 2. The molecule has 19 heavy (non-hydrogen) atoms. The Morgan fingerprint density at radius 2 is 0.947 bits per heavy atom. The van der Waals surface area contributed by atoms with Gasteiger partial charge in [0, 0.05) is 11.1 Å². The monoisotopic (exact) mass is 304 g/mol. The quantitative estimate of drug-likeness (QED) is 0.514. The van der Waals surface area contributed by atoms with Crippen LogP contribution in [0.15, 0.2) is 60.7 Å². The van der Waals surface area contributed by atoms with Gasteiger partial charge in [0.25, 0.3) is 0 Å². The van der Waals surface area contributed by atoms with Gasteiger partial charge in [-0.05, 0) is 11.1 Å². The van der Waals surface area contributed by atoms with Crippen molar-refractivity contribution in [3.63, 3.8) is 0 Å². The molecule has 0 spiro atoms. The second-order valence-corrected chi connectivity index (χ2v) is 6.36. The fourth-order valence-electron chi connectivity index (χ4n) is 2.10. The molecule has 0 N–H and O–H groups in total. The summed E-state index contributed by atoms with van der Waals surface area (Å²) >= 11 is 14.2. The number of thiophene rings is 1. The minimum atomic E-state index is 0.732.